The highest BCUT2D eigenvalue weighted by Gasteiger charge is 2.34. The molecule has 0 saturated heterocycles. The molecule has 2 nitrogen and oxygen atoms in total. The second kappa shape index (κ2) is 5.57. The predicted octanol–water partition coefficient (Wildman–Crippen LogP) is 3.57. The van der Waals surface area contributed by atoms with Crippen molar-refractivity contribution in [3.8, 4) is 0 Å². The standard InChI is InChI=1S/C13H15ClINO/c14-9-13(6-1-2-7-13)16-12(17)10-4-3-5-11(15)8-10/h3-5,8H,1-2,6-7,9H2,(H,16,17). The van der Waals surface area contributed by atoms with E-state index in [1.165, 1.54) is 0 Å². The summed E-state index contributed by atoms with van der Waals surface area (Å²) in [6.07, 6.45) is 4.29. The highest BCUT2D eigenvalue weighted by atomic mass is 127. The molecule has 2 rings (SSSR count). The van der Waals surface area contributed by atoms with E-state index in [0.29, 0.717) is 11.4 Å². The quantitative estimate of drug-likeness (QED) is 0.645. The number of hydrogen-bond donors (Lipinski definition) is 1. The van der Waals surface area contributed by atoms with Crippen molar-refractivity contribution < 1.29 is 4.79 Å². The normalized spacial score (nSPS) is 18.0. The number of carbonyl (C=O) groups is 1. The third-order valence-electron chi connectivity index (χ3n) is 3.28. The number of hydrogen-bond acceptors (Lipinski definition) is 1. The molecule has 4 heteroatoms. The Hall–Kier alpha value is -0.290. The molecular weight excluding hydrogens is 349 g/mol. The van der Waals surface area contributed by atoms with Gasteiger partial charge in [-0.2, -0.15) is 0 Å². The molecule has 1 aliphatic rings. The van der Waals surface area contributed by atoms with Crippen LogP contribution in [-0.4, -0.2) is 17.3 Å². The third-order valence-corrected chi connectivity index (χ3v) is 4.46. The number of amides is 1. The lowest BCUT2D eigenvalue weighted by Crippen LogP contribution is -2.47. The van der Waals surface area contributed by atoms with Crippen LogP contribution in [0.3, 0.4) is 0 Å². The predicted molar refractivity (Wildman–Crippen MR) is 78.5 cm³/mol. The van der Waals surface area contributed by atoms with Gasteiger partial charge in [0, 0.05) is 15.0 Å². The molecule has 92 valence electrons. The summed E-state index contributed by atoms with van der Waals surface area (Å²) in [5.74, 6) is 0.494. The topological polar surface area (TPSA) is 29.1 Å². The van der Waals surface area contributed by atoms with E-state index in [1.54, 1.807) is 0 Å². The molecule has 1 N–H and O–H groups in total. The first kappa shape index (κ1) is 13.1. The number of halogens is 2. The lowest BCUT2D eigenvalue weighted by Gasteiger charge is -2.27. The largest absolute Gasteiger partial charge is 0.345 e. The van der Waals surface area contributed by atoms with E-state index in [0.717, 1.165) is 29.3 Å². The smallest absolute Gasteiger partial charge is 0.251 e. The van der Waals surface area contributed by atoms with Gasteiger partial charge in [-0.05, 0) is 53.6 Å². The summed E-state index contributed by atoms with van der Waals surface area (Å²) in [6.45, 7) is 0. The van der Waals surface area contributed by atoms with E-state index < -0.39 is 0 Å². The van der Waals surface area contributed by atoms with Crippen LogP contribution in [0.25, 0.3) is 0 Å². The molecule has 1 fully saturated rings. The van der Waals surface area contributed by atoms with Gasteiger partial charge in [0.05, 0.1) is 5.54 Å². The van der Waals surface area contributed by atoms with Crippen molar-refractivity contribution in [2.24, 2.45) is 0 Å². The van der Waals surface area contributed by atoms with Crippen molar-refractivity contribution in [2.75, 3.05) is 5.88 Å². The first-order valence-corrected chi connectivity index (χ1v) is 7.41. The van der Waals surface area contributed by atoms with Crippen LogP contribution in [0.1, 0.15) is 36.0 Å². The Bertz CT molecular complexity index is 416. The Balaban J connectivity index is 2.11. The van der Waals surface area contributed by atoms with Gasteiger partial charge in [0.15, 0.2) is 0 Å². The molecule has 1 aromatic rings. The monoisotopic (exact) mass is 363 g/mol. The number of benzene rings is 1. The molecule has 0 atom stereocenters. The summed E-state index contributed by atoms with van der Waals surface area (Å²) < 4.78 is 1.07. The Morgan fingerprint density at radius 2 is 2.12 bits per heavy atom. The molecule has 17 heavy (non-hydrogen) atoms. The summed E-state index contributed by atoms with van der Waals surface area (Å²) in [5.41, 5.74) is 0.535. The average Bonchev–Trinajstić information content (AvgIpc) is 2.78. The molecule has 0 radical (unpaired) electrons. The molecular formula is C13H15ClINO. The molecule has 1 aliphatic carbocycles. The van der Waals surface area contributed by atoms with Gasteiger partial charge in [-0.3, -0.25) is 4.79 Å². The molecule has 1 saturated carbocycles. The molecule has 0 bridgehead atoms. The van der Waals surface area contributed by atoms with Gasteiger partial charge in [0.25, 0.3) is 5.91 Å². The maximum Gasteiger partial charge on any atom is 0.251 e. The fraction of sp³-hybridized carbons (Fsp3) is 0.462. The third kappa shape index (κ3) is 3.13. The first-order valence-electron chi connectivity index (χ1n) is 5.79. The maximum atomic E-state index is 12.1. The van der Waals surface area contributed by atoms with Crippen LogP contribution in [0.15, 0.2) is 24.3 Å². The minimum absolute atomic E-state index is 0.00827. The van der Waals surface area contributed by atoms with E-state index in [9.17, 15) is 4.79 Å². The number of rotatable bonds is 3. The van der Waals surface area contributed by atoms with Crippen LogP contribution in [0.4, 0.5) is 0 Å². The molecule has 1 amide bonds. The Morgan fingerprint density at radius 1 is 1.41 bits per heavy atom. The van der Waals surface area contributed by atoms with Crippen LogP contribution in [0.5, 0.6) is 0 Å². The molecule has 0 heterocycles. The van der Waals surface area contributed by atoms with E-state index in [4.69, 9.17) is 11.6 Å². The van der Waals surface area contributed by atoms with Crippen molar-refractivity contribution in [3.63, 3.8) is 0 Å². The van der Waals surface area contributed by atoms with Gasteiger partial charge in [-0.25, -0.2) is 0 Å². The zero-order valence-corrected chi connectivity index (χ0v) is 12.4. The summed E-state index contributed by atoms with van der Waals surface area (Å²) in [7, 11) is 0. The maximum absolute atomic E-state index is 12.1. The summed E-state index contributed by atoms with van der Waals surface area (Å²) in [5, 5.41) is 3.11. The molecule has 0 aromatic heterocycles. The number of carbonyl (C=O) groups excluding carboxylic acids is 1. The highest BCUT2D eigenvalue weighted by Crippen LogP contribution is 2.31. The van der Waals surface area contributed by atoms with Gasteiger partial charge in [0.2, 0.25) is 0 Å². The zero-order valence-electron chi connectivity index (χ0n) is 9.51. The molecule has 1 aromatic carbocycles. The molecule has 0 aliphatic heterocycles. The summed E-state index contributed by atoms with van der Waals surface area (Å²) >= 11 is 8.22. The fourth-order valence-electron chi connectivity index (χ4n) is 2.29. The van der Waals surface area contributed by atoms with Crippen molar-refractivity contribution in [3.05, 3.63) is 33.4 Å². The second-order valence-corrected chi connectivity index (χ2v) is 6.10. The van der Waals surface area contributed by atoms with Crippen LogP contribution in [-0.2, 0) is 0 Å². The van der Waals surface area contributed by atoms with Crippen LogP contribution in [0, 0.1) is 3.57 Å². The van der Waals surface area contributed by atoms with Crippen LogP contribution < -0.4 is 5.32 Å². The van der Waals surface area contributed by atoms with Crippen molar-refractivity contribution in [2.45, 2.75) is 31.2 Å². The van der Waals surface area contributed by atoms with Crippen molar-refractivity contribution in [1.82, 2.24) is 5.32 Å². The lowest BCUT2D eigenvalue weighted by atomic mass is 9.99. The Labute approximate surface area is 120 Å². The lowest BCUT2D eigenvalue weighted by molar-refractivity contribution is 0.0909. The first-order chi connectivity index (χ1) is 8.15. The van der Waals surface area contributed by atoms with Gasteiger partial charge in [-0.1, -0.05) is 18.9 Å². The summed E-state index contributed by atoms with van der Waals surface area (Å²) in [6, 6.07) is 7.62. The average molecular weight is 364 g/mol. The number of nitrogens with one attached hydrogen (secondary N) is 1. The van der Waals surface area contributed by atoms with E-state index >= 15 is 0 Å². The van der Waals surface area contributed by atoms with Gasteiger partial charge >= 0.3 is 0 Å². The zero-order chi connectivity index (χ0) is 12.3. The van der Waals surface area contributed by atoms with Gasteiger partial charge < -0.3 is 5.32 Å². The van der Waals surface area contributed by atoms with E-state index in [-0.39, 0.29) is 11.4 Å². The van der Waals surface area contributed by atoms with Crippen LogP contribution >= 0.6 is 34.2 Å². The minimum Gasteiger partial charge on any atom is -0.345 e. The Morgan fingerprint density at radius 3 is 2.71 bits per heavy atom. The van der Waals surface area contributed by atoms with Crippen molar-refractivity contribution >= 4 is 40.1 Å². The Kier molecular flexibility index (Phi) is 4.31. The van der Waals surface area contributed by atoms with Crippen LogP contribution in [0.2, 0.25) is 0 Å². The SMILES string of the molecule is O=C(NC1(CCl)CCCC1)c1cccc(I)c1. The summed E-state index contributed by atoms with van der Waals surface area (Å²) in [4.78, 5) is 12.1. The van der Waals surface area contributed by atoms with Gasteiger partial charge in [0.1, 0.15) is 0 Å². The van der Waals surface area contributed by atoms with E-state index in [1.807, 2.05) is 24.3 Å². The number of alkyl halides is 1. The molecule has 0 unspecified atom stereocenters. The minimum atomic E-state index is -0.181. The molecule has 0 spiro atoms. The highest BCUT2D eigenvalue weighted by molar-refractivity contribution is 14.1. The van der Waals surface area contributed by atoms with E-state index in [2.05, 4.69) is 27.9 Å². The van der Waals surface area contributed by atoms with Crippen molar-refractivity contribution in [1.29, 1.82) is 0 Å². The second-order valence-electron chi connectivity index (χ2n) is 4.59. The fourth-order valence-corrected chi connectivity index (χ4v) is 3.16. The van der Waals surface area contributed by atoms with Gasteiger partial charge in [-0.15, -0.1) is 11.6 Å².